The van der Waals surface area contributed by atoms with Crippen LogP contribution in [-0.4, -0.2) is 30.8 Å². The largest absolute Gasteiger partial charge is 0.462 e. The van der Waals surface area contributed by atoms with E-state index in [1.807, 2.05) is 12.1 Å². The molecule has 0 unspecified atom stereocenters. The summed E-state index contributed by atoms with van der Waals surface area (Å²) in [5.41, 5.74) is 2.49. The van der Waals surface area contributed by atoms with Gasteiger partial charge in [-0.2, -0.15) is 0 Å². The Morgan fingerprint density at radius 2 is 1.43 bits per heavy atom. The number of hydrogen-bond acceptors (Lipinski definition) is 7. The Bertz CT molecular complexity index is 1290. The highest BCUT2D eigenvalue weighted by Gasteiger charge is 2.16. The lowest BCUT2D eigenvalue weighted by atomic mass is 10.0. The molecule has 0 spiro atoms. The van der Waals surface area contributed by atoms with Crippen LogP contribution < -0.4 is 9.47 Å². The number of carbonyl (C=O) groups is 4. The average molecular weight is 501 g/mol. The predicted octanol–water partition coefficient (Wildman–Crippen LogP) is 6.21. The first-order chi connectivity index (χ1) is 17.8. The molecule has 7 heteroatoms. The minimum absolute atomic E-state index is 0.0256. The van der Waals surface area contributed by atoms with Gasteiger partial charge in [0.25, 0.3) is 0 Å². The van der Waals surface area contributed by atoms with Crippen LogP contribution in [0.5, 0.6) is 11.5 Å². The van der Waals surface area contributed by atoms with Crippen LogP contribution >= 0.6 is 0 Å². The maximum atomic E-state index is 12.7. The second-order valence-corrected chi connectivity index (χ2v) is 8.37. The average Bonchev–Trinajstić information content (AvgIpc) is 2.91. The van der Waals surface area contributed by atoms with Crippen molar-refractivity contribution in [1.82, 2.24) is 0 Å². The molecule has 0 saturated heterocycles. The van der Waals surface area contributed by atoms with Crippen LogP contribution in [0.4, 0.5) is 0 Å². The zero-order chi connectivity index (χ0) is 26.8. The summed E-state index contributed by atoms with van der Waals surface area (Å²) in [4.78, 5) is 48.0. The Balaban J connectivity index is 1.64. The van der Waals surface area contributed by atoms with Crippen molar-refractivity contribution in [3.05, 3.63) is 95.6 Å². The first kappa shape index (κ1) is 27.1. The van der Waals surface area contributed by atoms with E-state index < -0.39 is 11.9 Å². The molecular formula is C30H28O7. The summed E-state index contributed by atoms with van der Waals surface area (Å²) in [7, 11) is 0. The molecule has 0 aliphatic heterocycles. The molecule has 0 amide bonds. The molecule has 190 valence electrons. The van der Waals surface area contributed by atoms with Crippen molar-refractivity contribution in [2.45, 2.75) is 33.1 Å². The number of aldehydes is 1. The van der Waals surface area contributed by atoms with Crippen molar-refractivity contribution in [3.8, 4) is 22.6 Å². The summed E-state index contributed by atoms with van der Waals surface area (Å²) in [6, 6.07) is 17.9. The van der Waals surface area contributed by atoms with Gasteiger partial charge in [0.2, 0.25) is 0 Å². The lowest BCUT2D eigenvalue weighted by Crippen LogP contribution is -2.13. The van der Waals surface area contributed by atoms with Gasteiger partial charge in [-0.15, -0.1) is 0 Å². The van der Waals surface area contributed by atoms with Crippen molar-refractivity contribution in [3.63, 3.8) is 0 Å². The van der Waals surface area contributed by atoms with Gasteiger partial charge in [-0.05, 0) is 66.9 Å². The molecule has 0 atom stereocenters. The van der Waals surface area contributed by atoms with E-state index >= 15 is 0 Å². The zero-order valence-electron chi connectivity index (χ0n) is 20.8. The molecule has 37 heavy (non-hydrogen) atoms. The van der Waals surface area contributed by atoms with Crippen LogP contribution in [0.3, 0.4) is 0 Å². The molecule has 7 nitrogen and oxygen atoms in total. The molecule has 3 rings (SSSR count). The Hall–Kier alpha value is -4.52. The molecule has 0 saturated carbocycles. The second kappa shape index (κ2) is 13.0. The number of carbonyl (C=O) groups excluding carboxylic acids is 4. The highest BCUT2D eigenvalue weighted by atomic mass is 16.5. The molecule has 0 aliphatic rings. The maximum absolute atomic E-state index is 12.7. The van der Waals surface area contributed by atoms with Gasteiger partial charge in [0.1, 0.15) is 11.5 Å². The number of esters is 3. The van der Waals surface area contributed by atoms with Crippen LogP contribution in [-0.2, 0) is 9.53 Å². The summed E-state index contributed by atoms with van der Waals surface area (Å²) in [6.07, 6.45) is 3.42. The van der Waals surface area contributed by atoms with E-state index in [4.69, 9.17) is 14.2 Å². The van der Waals surface area contributed by atoms with E-state index in [1.54, 1.807) is 36.4 Å². The number of hydrogen-bond donors (Lipinski definition) is 0. The van der Waals surface area contributed by atoms with Gasteiger partial charge >= 0.3 is 17.9 Å². The summed E-state index contributed by atoms with van der Waals surface area (Å²) in [5, 5.41) is 0. The monoisotopic (exact) mass is 500 g/mol. The predicted molar refractivity (Wildman–Crippen MR) is 139 cm³/mol. The second-order valence-electron chi connectivity index (χ2n) is 8.37. The highest BCUT2D eigenvalue weighted by molar-refractivity contribution is 6.00. The molecule has 3 aromatic rings. The van der Waals surface area contributed by atoms with E-state index in [0.717, 1.165) is 30.4 Å². The lowest BCUT2D eigenvalue weighted by molar-refractivity contribution is -0.130. The Morgan fingerprint density at radius 1 is 0.811 bits per heavy atom. The zero-order valence-corrected chi connectivity index (χ0v) is 20.8. The minimum atomic E-state index is -0.727. The fourth-order valence-electron chi connectivity index (χ4n) is 3.36. The molecule has 0 bridgehead atoms. The fourth-order valence-corrected chi connectivity index (χ4v) is 3.36. The van der Waals surface area contributed by atoms with E-state index in [1.165, 1.54) is 25.1 Å². The quantitative estimate of drug-likeness (QED) is 0.101. The van der Waals surface area contributed by atoms with Crippen molar-refractivity contribution in [1.29, 1.82) is 0 Å². The first-order valence-corrected chi connectivity index (χ1v) is 11.9. The molecule has 0 aliphatic carbocycles. The van der Waals surface area contributed by atoms with Crippen LogP contribution in [0.25, 0.3) is 11.1 Å². The third-order valence-corrected chi connectivity index (χ3v) is 5.43. The highest BCUT2D eigenvalue weighted by Crippen LogP contribution is 2.25. The third kappa shape index (κ3) is 7.48. The molecular weight excluding hydrogens is 472 g/mol. The van der Waals surface area contributed by atoms with Crippen molar-refractivity contribution in [2.75, 3.05) is 6.61 Å². The van der Waals surface area contributed by atoms with E-state index in [2.05, 4.69) is 13.5 Å². The minimum Gasteiger partial charge on any atom is -0.462 e. The topological polar surface area (TPSA) is 96.0 Å². The van der Waals surface area contributed by atoms with Crippen molar-refractivity contribution in [2.24, 2.45) is 0 Å². The van der Waals surface area contributed by atoms with Crippen molar-refractivity contribution >= 4 is 24.2 Å². The number of rotatable bonds is 11. The number of benzene rings is 3. The molecule has 0 heterocycles. The molecule has 0 N–H and O–H groups in total. The third-order valence-electron chi connectivity index (χ3n) is 5.43. The molecule has 3 aromatic carbocycles. The summed E-state index contributed by atoms with van der Waals surface area (Å²) in [5.74, 6) is -1.30. The SMILES string of the molecule is C=C(C)C(=O)Oc1ccc(C(=O)Oc2ccc(-c3ccc(C(=O)OCCCCC)cc3)cc2)c(C=O)c1. The number of ether oxygens (including phenoxy) is 3. The summed E-state index contributed by atoms with van der Waals surface area (Å²) in [6.45, 7) is 7.50. The fraction of sp³-hybridized carbons (Fsp3) is 0.200. The molecule has 0 fully saturated rings. The Labute approximate surface area is 215 Å². The summed E-state index contributed by atoms with van der Waals surface area (Å²) < 4.78 is 15.8. The van der Waals surface area contributed by atoms with Crippen LogP contribution in [0, 0.1) is 0 Å². The normalized spacial score (nSPS) is 10.3. The van der Waals surface area contributed by atoms with E-state index in [9.17, 15) is 19.2 Å². The smallest absolute Gasteiger partial charge is 0.344 e. The summed E-state index contributed by atoms with van der Waals surface area (Å²) >= 11 is 0. The Morgan fingerprint density at radius 3 is 2.03 bits per heavy atom. The number of unbranched alkanes of at least 4 members (excludes halogenated alkanes) is 2. The molecule has 0 aromatic heterocycles. The van der Waals surface area contributed by atoms with E-state index in [-0.39, 0.29) is 34.2 Å². The van der Waals surface area contributed by atoms with Crippen LogP contribution in [0.2, 0.25) is 0 Å². The first-order valence-electron chi connectivity index (χ1n) is 11.9. The van der Waals surface area contributed by atoms with Crippen LogP contribution in [0.15, 0.2) is 78.9 Å². The van der Waals surface area contributed by atoms with Crippen LogP contribution in [0.1, 0.15) is 64.2 Å². The van der Waals surface area contributed by atoms with Gasteiger partial charge < -0.3 is 14.2 Å². The van der Waals surface area contributed by atoms with Gasteiger partial charge in [0.15, 0.2) is 6.29 Å². The standard InChI is InChI=1S/C30H28O7/c1-4-5-6-17-35-29(33)23-9-7-21(8-10-23)22-11-13-25(14-12-22)36-30(34)27-16-15-26(18-24(27)19-31)37-28(32)20(2)3/h7-16,18-19H,2,4-6,17H2,1,3H3. The van der Waals surface area contributed by atoms with Gasteiger partial charge in [-0.25, -0.2) is 14.4 Å². The Kier molecular flexibility index (Phi) is 9.49. The molecule has 0 radical (unpaired) electrons. The van der Waals surface area contributed by atoms with Gasteiger partial charge in [-0.3, -0.25) is 4.79 Å². The van der Waals surface area contributed by atoms with Gasteiger partial charge in [0, 0.05) is 11.1 Å². The van der Waals surface area contributed by atoms with Gasteiger partial charge in [0.05, 0.1) is 17.7 Å². The lowest BCUT2D eigenvalue weighted by Gasteiger charge is -2.10. The van der Waals surface area contributed by atoms with Gasteiger partial charge in [-0.1, -0.05) is 50.6 Å². The maximum Gasteiger partial charge on any atom is 0.344 e. The van der Waals surface area contributed by atoms with Crippen molar-refractivity contribution < 1.29 is 33.4 Å². The van der Waals surface area contributed by atoms with E-state index in [0.29, 0.717) is 18.5 Å².